The van der Waals surface area contributed by atoms with Crippen LogP contribution < -0.4 is 5.69 Å². The molecule has 6 heteroatoms. The molecule has 3 rings (SSSR count). The molecule has 3 aromatic rings. The van der Waals surface area contributed by atoms with Crippen molar-refractivity contribution in [1.29, 1.82) is 0 Å². The van der Waals surface area contributed by atoms with E-state index in [-0.39, 0.29) is 11.3 Å². The highest BCUT2D eigenvalue weighted by molar-refractivity contribution is 5.95. The summed E-state index contributed by atoms with van der Waals surface area (Å²) in [5, 5.41) is 14.1. The van der Waals surface area contributed by atoms with E-state index in [4.69, 9.17) is 0 Å². The van der Waals surface area contributed by atoms with Gasteiger partial charge in [0.25, 0.3) is 0 Å². The van der Waals surface area contributed by atoms with Crippen LogP contribution in [0.4, 0.5) is 0 Å². The van der Waals surface area contributed by atoms with Crippen molar-refractivity contribution in [2.45, 2.75) is 72.4 Å². The number of aromatic nitrogens is 3. The Bertz CT molecular complexity index is 1110. The zero-order chi connectivity index (χ0) is 23.8. The fourth-order valence-corrected chi connectivity index (χ4v) is 3.98. The highest BCUT2D eigenvalue weighted by atomic mass is 16.4. The van der Waals surface area contributed by atoms with E-state index in [0.29, 0.717) is 24.6 Å². The first kappa shape index (κ1) is 24.5. The number of unbranched alkanes of at least 4 members (excludes halogenated alkanes) is 3. The molecule has 1 N–H and O–H groups in total. The van der Waals surface area contributed by atoms with Crippen LogP contribution in [0.5, 0.6) is 0 Å². The molecule has 0 aliphatic heterocycles. The number of carboxylic acids is 1. The summed E-state index contributed by atoms with van der Waals surface area (Å²) in [7, 11) is 0. The van der Waals surface area contributed by atoms with Crippen molar-refractivity contribution in [1.82, 2.24) is 14.3 Å². The number of nitrogens with zero attached hydrogens (tertiary/aromatic N) is 3. The Balaban J connectivity index is 1.83. The highest BCUT2D eigenvalue weighted by Gasteiger charge is 2.15. The van der Waals surface area contributed by atoms with Gasteiger partial charge in [0.15, 0.2) is 0 Å². The van der Waals surface area contributed by atoms with Crippen LogP contribution >= 0.6 is 0 Å². The Morgan fingerprint density at radius 3 is 2.42 bits per heavy atom. The Labute approximate surface area is 195 Å². The van der Waals surface area contributed by atoms with Crippen molar-refractivity contribution in [3.05, 3.63) is 76.0 Å². The zero-order valence-electron chi connectivity index (χ0n) is 20.0. The van der Waals surface area contributed by atoms with Crippen LogP contribution in [0.15, 0.2) is 53.3 Å². The van der Waals surface area contributed by atoms with E-state index in [9.17, 15) is 14.7 Å². The fraction of sp³-hybridized carbons (Fsp3) is 0.444. The summed E-state index contributed by atoms with van der Waals surface area (Å²) in [5.41, 5.74) is 2.75. The molecule has 0 amide bonds. The third-order valence-electron chi connectivity index (χ3n) is 5.93. The van der Waals surface area contributed by atoms with Gasteiger partial charge >= 0.3 is 11.7 Å². The number of carbonyl (C=O) groups is 1. The molecule has 0 aliphatic carbocycles. The van der Waals surface area contributed by atoms with Gasteiger partial charge in [-0.15, -0.1) is 0 Å². The second kappa shape index (κ2) is 11.6. The van der Waals surface area contributed by atoms with Crippen LogP contribution in [0.3, 0.4) is 0 Å². The number of aryl methyl sites for hydroxylation is 2. The maximum atomic E-state index is 13.1. The number of carboxylic acid groups (broad SMARTS) is 1. The molecule has 2 aromatic carbocycles. The lowest BCUT2D eigenvalue weighted by atomic mass is 9.99. The molecule has 1 aromatic heterocycles. The van der Waals surface area contributed by atoms with Gasteiger partial charge in [0.1, 0.15) is 5.82 Å². The molecule has 0 unspecified atom stereocenters. The second-order valence-electron chi connectivity index (χ2n) is 9.05. The molecule has 6 nitrogen and oxygen atoms in total. The van der Waals surface area contributed by atoms with Gasteiger partial charge in [-0.3, -0.25) is 4.57 Å². The van der Waals surface area contributed by atoms with Crippen LogP contribution in [-0.4, -0.2) is 25.4 Å². The zero-order valence-corrected chi connectivity index (χ0v) is 20.0. The van der Waals surface area contributed by atoms with Crippen LogP contribution in [0, 0.1) is 5.92 Å². The lowest BCUT2D eigenvalue weighted by molar-refractivity contribution is 0.0697. The number of rotatable bonds is 12. The first-order valence-electron chi connectivity index (χ1n) is 12.0. The Hall–Kier alpha value is -3.15. The average molecular weight is 450 g/mol. The van der Waals surface area contributed by atoms with Gasteiger partial charge in [-0.1, -0.05) is 82.5 Å². The van der Waals surface area contributed by atoms with E-state index in [2.05, 4.69) is 25.9 Å². The molecule has 0 radical (unpaired) electrons. The van der Waals surface area contributed by atoms with E-state index in [1.165, 1.54) is 6.42 Å². The first-order valence-corrected chi connectivity index (χ1v) is 12.0. The molecular weight excluding hydrogens is 414 g/mol. The van der Waals surface area contributed by atoms with E-state index < -0.39 is 5.97 Å². The molecule has 0 fully saturated rings. The van der Waals surface area contributed by atoms with Gasteiger partial charge in [0.2, 0.25) is 0 Å². The lowest BCUT2D eigenvalue weighted by Crippen LogP contribution is -2.26. The van der Waals surface area contributed by atoms with Crippen molar-refractivity contribution >= 4 is 5.97 Å². The Kier molecular flexibility index (Phi) is 8.64. The number of benzene rings is 2. The molecule has 33 heavy (non-hydrogen) atoms. The number of aromatic carboxylic acids is 1. The minimum absolute atomic E-state index is 0.0504. The molecule has 0 spiro atoms. The van der Waals surface area contributed by atoms with Gasteiger partial charge < -0.3 is 5.11 Å². The van der Waals surface area contributed by atoms with Crippen LogP contribution in [-0.2, 0) is 19.5 Å². The standard InChI is InChI=1S/C27H35N3O3/c1-4-5-6-9-18-30-27(33)29(25(28-30)17-12-20(2)3)19-21-13-15-22(16-14-21)23-10-7-8-11-24(23)26(31)32/h7-8,10-11,13-16,20H,4-6,9,12,17-19H2,1-3H3,(H,31,32). The molecule has 176 valence electrons. The molecule has 0 saturated carbocycles. The maximum Gasteiger partial charge on any atom is 0.346 e. The van der Waals surface area contributed by atoms with Crippen LogP contribution in [0.1, 0.15) is 74.6 Å². The van der Waals surface area contributed by atoms with Crippen molar-refractivity contribution < 1.29 is 9.90 Å². The normalized spacial score (nSPS) is 11.3. The summed E-state index contributed by atoms with van der Waals surface area (Å²) in [6, 6.07) is 14.8. The predicted octanol–water partition coefficient (Wildman–Crippen LogP) is 5.63. The number of hydrogen-bond acceptors (Lipinski definition) is 3. The summed E-state index contributed by atoms with van der Waals surface area (Å²) in [5.74, 6) is 0.434. The molecular formula is C27H35N3O3. The van der Waals surface area contributed by atoms with Crippen molar-refractivity contribution in [3.63, 3.8) is 0 Å². The van der Waals surface area contributed by atoms with Crippen LogP contribution in [0.2, 0.25) is 0 Å². The fourth-order valence-electron chi connectivity index (χ4n) is 3.98. The summed E-state index contributed by atoms with van der Waals surface area (Å²) in [4.78, 5) is 24.7. The lowest BCUT2D eigenvalue weighted by Gasteiger charge is -2.09. The van der Waals surface area contributed by atoms with Crippen molar-refractivity contribution in [2.24, 2.45) is 5.92 Å². The largest absolute Gasteiger partial charge is 0.478 e. The van der Waals surface area contributed by atoms with Gasteiger partial charge in [-0.2, -0.15) is 5.10 Å². The molecule has 0 aliphatic rings. The Morgan fingerprint density at radius 1 is 1.03 bits per heavy atom. The smallest absolute Gasteiger partial charge is 0.346 e. The van der Waals surface area contributed by atoms with E-state index in [0.717, 1.165) is 49.1 Å². The summed E-state index contributed by atoms with van der Waals surface area (Å²) in [6.07, 6.45) is 6.17. The summed E-state index contributed by atoms with van der Waals surface area (Å²) in [6.45, 7) is 7.65. The summed E-state index contributed by atoms with van der Waals surface area (Å²) >= 11 is 0. The maximum absolute atomic E-state index is 13.1. The first-order chi connectivity index (χ1) is 15.9. The monoisotopic (exact) mass is 449 g/mol. The molecule has 0 bridgehead atoms. The highest BCUT2D eigenvalue weighted by Crippen LogP contribution is 2.24. The third-order valence-corrected chi connectivity index (χ3v) is 5.93. The van der Waals surface area contributed by atoms with Gasteiger partial charge in [0, 0.05) is 13.0 Å². The molecule has 0 atom stereocenters. The van der Waals surface area contributed by atoms with Crippen LogP contribution in [0.25, 0.3) is 11.1 Å². The quantitative estimate of drug-likeness (QED) is 0.364. The Morgan fingerprint density at radius 2 is 1.76 bits per heavy atom. The molecule has 0 saturated heterocycles. The van der Waals surface area contributed by atoms with Gasteiger partial charge in [-0.05, 0) is 41.5 Å². The minimum Gasteiger partial charge on any atom is -0.478 e. The van der Waals surface area contributed by atoms with Crippen molar-refractivity contribution in [2.75, 3.05) is 0 Å². The summed E-state index contributed by atoms with van der Waals surface area (Å²) < 4.78 is 3.42. The van der Waals surface area contributed by atoms with Gasteiger partial charge in [-0.25, -0.2) is 14.3 Å². The van der Waals surface area contributed by atoms with Gasteiger partial charge in [0.05, 0.1) is 12.1 Å². The van der Waals surface area contributed by atoms with E-state index >= 15 is 0 Å². The van der Waals surface area contributed by atoms with E-state index in [1.54, 1.807) is 21.4 Å². The third kappa shape index (κ3) is 6.44. The SMILES string of the molecule is CCCCCCn1nc(CCC(C)C)n(Cc2ccc(-c3ccccc3C(=O)O)cc2)c1=O. The number of hydrogen-bond donors (Lipinski definition) is 1. The topological polar surface area (TPSA) is 77.1 Å². The molecule has 1 heterocycles. The second-order valence-corrected chi connectivity index (χ2v) is 9.05. The minimum atomic E-state index is -0.942. The van der Waals surface area contributed by atoms with Crippen molar-refractivity contribution in [3.8, 4) is 11.1 Å². The van der Waals surface area contributed by atoms with E-state index in [1.807, 2.05) is 36.4 Å². The average Bonchev–Trinajstić information content (AvgIpc) is 3.10. The predicted molar refractivity (Wildman–Crippen MR) is 132 cm³/mol.